The Bertz CT molecular complexity index is 1040. The Morgan fingerprint density at radius 3 is 2.47 bits per heavy atom. The van der Waals surface area contributed by atoms with Gasteiger partial charge in [0.15, 0.2) is 0 Å². The molecule has 0 unspecified atom stereocenters. The molecule has 0 aliphatic carbocycles. The Morgan fingerprint density at radius 2 is 1.89 bits per heavy atom. The summed E-state index contributed by atoms with van der Waals surface area (Å²) in [5, 5.41) is 12.5. The first kappa shape index (κ1) is 27.4. The molecule has 1 fully saturated rings. The zero-order valence-electron chi connectivity index (χ0n) is 20.4. The monoisotopic (exact) mass is 516 g/mol. The van der Waals surface area contributed by atoms with Crippen molar-refractivity contribution < 1.29 is 24.2 Å². The van der Waals surface area contributed by atoms with E-state index >= 15 is 0 Å². The highest BCUT2D eigenvalue weighted by Gasteiger charge is 2.42. The summed E-state index contributed by atoms with van der Waals surface area (Å²) in [6.07, 6.45) is 1.70. The third-order valence-electron chi connectivity index (χ3n) is 6.64. The summed E-state index contributed by atoms with van der Waals surface area (Å²) < 4.78 is 5.61. The molecule has 4 N–H and O–H groups in total. The van der Waals surface area contributed by atoms with Gasteiger partial charge in [-0.1, -0.05) is 48.9 Å². The topological polar surface area (TPSA) is 125 Å². The van der Waals surface area contributed by atoms with Crippen LogP contribution in [0.15, 0.2) is 48.5 Å². The average Bonchev–Trinajstić information content (AvgIpc) is 2.91. The van der Waals surface area contributed by atoms with Crippen LogP contribution in [0, 0.1) is 0 Å². The maximum Gasteiger partial charge on any atom is 0.411 e. The normalized spacial score (nSPS) is 15.6. The van der Waals surface area contributed by atoms with E-state index in [4.69, 9.17) is 22.1 Å². The number of nitrogens with zero attached hydrogens (tertiary/aromatic N) is 2. The van der Waals surface area contributed by atoms with E-state index in [1.165, 1.54) is 0 Å². The smallest absolute Gasteiger partial charge is 0.411 e. The van der Waals surface area contributed by atoms with Crippen LogP contribution in [-0.2, 0) is 27.3 Å². The Hall–Kier alpha value is -3.14. The molecule has 10 heteroatoms. The molecule has 9 nitrogen and oxygen atoms in total. The second kappa shape index (κ2) is 12.7. The van der Waals surface area contributed by atoms with Crippen molar-refractivity contribution in [1.29, 1.82) is 0 Å². The minimum atomic E-state index is -0.996. The maximum atomic E-state index is 12.6. The number of rotatable bonds is 10. The number of hydrogen-bond acceptors (Lipinski definition) is 6. The molecule has 0 bridgehead atoms. The molecule has 1 aliphatic heterocycles. The molecule has 0 spiro atoms. The van der Waals surface area contributed by atoms with Crippen LogP contribution in [-0.4, -0.2) is 71.2 Å². The second-order valence-electron chi connectivity index (χ2n) is 8.92. The minimum absolute atomic E-state index is 0.0663. The van der Waals surface area contributed by atoms with Gasteiger partial charge in [0.25, 0.3) is 0 Å². The van der Waals surface area contributed by atoms with Gasteiger partial charge in [-0.3, -0.25) is 14.9 Å². The minimum Gasteiger partial charge on any atom is -0.447 e. The van der Waals surface area contributed by atoms with E-state index in [0.29, 0.717) is 36.6 Å². The van der Waals surface area contributed by atoms with Crippen LogP contribution in [0.3, 0.4) is 0 Å². The number of likely N-dealkylation sites (tertiary alicyclic amines) is 1. The number of anilines is 1. The number of hydrogen-bond donors (Lipinski definition) is 3. The predicted molar refractivity (Wildman–Crippen MR) is 137 cm³/mol. The fourth-order valence-electron chi connectivity index (χ4n) is 4.27. The highest BCUT2D eigenvalue weighted by Crippen LogP contribution is 2.32. The molecule has 2 aromatic carbocycles. The van der Waals surface area contributed by atoms with E-state index in [2.05, 4.69) is 5.32 Å². The zero-order valence-corrected chi connectivity index (χ0v) is 21.1. The lowest BCUT2D eigenvalue weighted by atomic mass is 9.86. The predicted octanol–water partition coefficient (Wildman–Crippen LogP) is 2.79. The maximum absolute atomic E-state index is 12.6. The van der Waals surface area contributed by atoms with Gasteiger partial charge >= 0.3 is 6.09 Å². The summed E-state index contributed by atoms with van der Waals surface area (Å²) in [7, 11) is 0. The number of halogens is 1. The van der Waals surface area contributed by atoms with Crippen LogP contribution in [0.2, 0.25) is 5.02 Å². The number of amides is 3. The number of aliphatic hydroxyl groups excluding tert-OH is 1. The molecular weight excluding hydrogens is 484 g/mol. The third kappa shape index (κ3) is 6.75. The third-order valence-corrected chi connectivity index (χ3v) is 7.00. The number of carbonyl (C=O) groups is 3. The molecule has 3 rings (SSSR count). The quantitative estimate of drug-likeness (QED) is 0.417. The lowest BCUT2D eigenvalue weighted by Gasteiger charge is -2.47. The SMILES string of the molecule is CCc1ccc(NC(=O)OCC2(N(C=O)Cc3ccccc3Cl)CCN(C(=O)[C@H](N)CO)CC2)cc1. The fraction of sp³-hybridized carbons (Fsp3) is 0.423. The molecule has 3 amide bonds. The van der Waals surface area contributed by atoms with Gasteiger partial charge in [0, 0.05) is 30.3 Å². The van der Waals surface area contributed by atoms with Crippen LogP contribution >= 0.6 is 11.6 Å². The second-order valence-corrected chi connectivity index (χ2v) is 9.32. The molecule has 0 radical (unpaired) electrons. The van der Waals surface area contributed by atoms with E-state index in [0.717, 1.165) is 24.0 Å². The Balaban J connectivity index is 1.75. The van der Waals surface area contributed by atoms with Gasteiger partial charge in [-0.25, -0.2) is 4.79 Å². The molecule has 2 aromatic rings. The van der Waals surface area contributed by atoms with Crippen molar-refractivity contribution in [2.75, 3.05) is 31.6 Å². The first-order valence-electron chi connectivity index (χ1n) is 11.9. The van der Waals surface area contributed by atoms with Gasteiger partial charge in [0.05, 0.1) is 12.1 Å². The van der Waals surface area contributed by atoms with E-state index in [9.17, 15) is 19.5 Å². The molecule has 36 heavy (non-hydrogen) atoms. The molecule has 0 saturated carbocycles. The van der Waals surface area contributed by atoms with Crippen LogP contribution in [0.1, 0.15) is 30.9 Å². The molecule has 1 aliphatic rings. The number of carbonyl (C=O) groups excluding carboxylic acids is 3. The first-order valence-corrected chi connectivity index (χ1v) is 12.3. The van der Waals surface area contributed by atoms with Gasteiger partial charge in [-0.15, -0.1) is 0 Å². The van der Waals surface area contributed by atoms with Crippen molar-refractivity contribution in [3.63, 3.8) is 0 Å². The van der Waals surface area contributed by atoms with Gasteiger partial charge in [0.2, 0.25) is 12.3 Å². The molecule has 1 saturated heterocycles. The van der Waals surface area contributed by atoms with E-state index in [-0.39, 0.29) is 19.1 Å². The average molecular weight is 517 g/mol. The standard InChI is InChI=1S/C26H33ClN4O5/c1-2-19-7-9-21(10-8-19)29-25(35)36-17-26(11-13-30(14-12-26)24(34)23(28)16-32)31(18-33)15-20-5-3-4-6-22(20)27/h3-10,18,23,32H,2,11-17,28H2,1H3,(H,29,35)/t23-/m1/s1. The molecule has 194 valence electrons. The highest BCUT2D eigenvalue weighted by molar-refractivity contribution is 6.31. The number of nitrogens with one attached hydrogen (secondary N) is 1. The Labute approximate surface area is 216 Å². The van der Waals surface area contributed by atoms with Crippen LogP contribution in [0.5, 0.6) is 0 Å². The van der Waals surface area contributed by atoms with E-state index in [1.807, 2.05) is 37.3 Å². The number of aliphatic hydroxyl groups is 1. The van der Waals surface area contributed by atoms with Crippen molar-refractivity contribution in [3.8, 4) is 0 Å². The van der Waals surface area contributed by atoms with Crippen molar-refractivity contribution in [2.45, 2.75) is 44.3 Å². The van der Waals surface area contributed by atoms with Crippen LogP contribution < -0.4 is 11.1 Å². The van der Waals surface area contributed by atoms with Crippen LogP contribution in [0.4, 0.5) is 10.5 Å². The highest BCUT2D eigenvalue weighted by atomic mass is 35.5. The van der Waals surface area contributed by atoms with Crippen molar-refractivity contribution >= 4 is 35.7 Å². The molecule has 0 aromatic heterocycles. The van der Waals surface area contributed by atoms with Crippen LogP contribution in [0.25, 0.3) is 0 Å². The van der Waals surface area contributed by atoms with Gasteiger partial charge in [0.1, 0.15) is 12.6 Å². The summed E-state index contributed by atoms with van der Waals surface area (Å²) >= 11 is 6.34. The Kier molecular flexibility index (Phi) is 9.69. The zero-order chi connectivity index (χ0) is 26.1. The lowest BCUT2D eigenvalue weighted by molar-refractivity contribution is -0.139. The lowest BCUT2D eigenvalue weighted by Crippen LogP contribution is -2.60. The summed E-state index contributed by atoms with van der Waals surface area (Å²) in [4.78, 5) is 40.5. The Morgan fingerprint density at radius 1 is 1.22 bits per heavy atom. The number of aryl methyl sites for hydroxylation is 1. The summed E-state index contributed by atoms with van der Waals surface area (Å²) in [6.45, 7) is 2.34. The molecule has 1 atom stereocenters. The van der Waals surface area contributed by atoms with Crippen molar-refractivity contribution in [3.05, 3.63) is 64.7 Å². The van der Waals surface area contributed by atoms with E-state index < -0.39 is 24.3 Å². The summed E-state index contributed by atoms with van der Waals surface area (Å²) in [5.74, 6) is -0.357. The van der Waals surface area contributed by atoms with Gasteiger partial charge < -0.3 is 25.4 Å². The van der Waals surface area contributed by atoms with Gasteiger partial charge in [-0.05, 0) is 48.6 Å². The summed E-state index contributed by atoms with van der Waals surface area (Å²) in [6, 6.07) is 13.7. The molecular formula is C26H33ClN4O5. The van der Waals surface area contributed by atoms with Crippen molar-refractivity contribution in [1.82, 2.24) is 9.80 Å². The van der Waals surface area contributed by atoms with Gasteiger partial charge in [-0.2, -0.15) is 0 Å². The van der Waals surface area contributed by atoms with Crippen molar-refractivity contribution in [2.24, 2.45) is 5.73 Å². The number of piperidine rings is 1. The largest absolute Gasteiger partial charge is 0.447 e. The fourth-order valence-corrected chi connectivity index (χ4v) is 4.47. The molecule has 1 heterocycles. The number of benzene rings is 2. The number of nitrogens with two attached hydrogens (primary N) is 1. The van der Waals surface area contributed by atoms with E-state index in [1.54, 1.807) is 28.0 Å². The number of ether oxygens (including phenoxy) is 1. The first-order chi connectivity index (χ1) is 17.3. The summed E-state index contributed by atoms with van der Waals surface area (Å²) in [5.41, 5.74) is 7.36.